The van der Waals surface area contributed by atoms with Crippen LogP contribution in [0.4, 0.5) is 0 Å². The summed E-state index contributed by atoms with van der Waals surface area (Å²) < 4.78 is 0. The molecule has 0 aliphatic carbocycles. The zero-order chi connectivity index (χ0) is 11.5. The molecule has 2 aromatic rings. The molecule has 0 unspecified atom stereocenters. The van der Waals surface area contributed by atoms with Crippen molar-refractivity contribution in [3.05, 3.63) is 53.1 Å². The summed E-state index contributed by atoms with van der Waals surface area (Å²) in [6.45, 7) is 1.89. The minimum absolute atomic E-state index is 0.334. The van der Waals surface area contributed by atoms with Crippen LogP contribution in [0, 0.1) is 6.92 Å². The molecule has 0 fully saturated rings. The van der Waals surface area contributed by atoms with Gasteiger partial charge in [-0.3, -0.25) is 0 Å². The van der Waals surface area contributed by atoms with Crippen LogP contribution in [0.5, 0.6) is 5.75 Å². The molecule has 0 amide bonds. The molecule has 0 aliphatic rings. The number of phenols is 1. The average Bonchev–Trinajstić information content (AvgIpc) is 2.27. The Morgan fingerprint density at radius 2 is 1.62 bits per heavy atom. The van der Waals surface area contributed by atoms with Gasteiger partial charge in [-0.1, -0.05) is 23.4 Å². The Balaban J connectivity index is 2.20. The van der Waals surface area contributed by atoms with Crippen molar-refractivity contribution in [3.8, 4) is 5.75 Å². The Hall–Kier alpha value is -1.12. The van der Waals surface area contributed by atoms with Crippen molar-refractivity contribution in [2.75, 3.05) is 0 Å². The lowest BCUT2D eigenvalue weighted by Gasteiger charge is -2.04. The molecule has 0 bridgehead atoms. The van der Waals surface area contributed by atoms with Crippen LogP contribution in [-0.2, 0) is 0 Å². The molecule has 16 heavy (non-hydrogen) atoms. The molecule has 0 saturated heterocycles. The Labute approximate surface area is 104 Å². The van der Waals surface area contributed by atoms with Gasteiger partial charge in [-0.05, 0) is 55.0 Å². The Kier molecular flexibility index (Phi) is 3.42. The fourth-order valence-corrected chi connectivity index (χ4v) is 2.37. The van der Waals surface area contributed by atoms with Crippen molar-refractivity contribution in [2.24, 2.45) is 0 Å². The van der Waals surface area contributed by atoms with Crippen molar-refractivity contribution in [3.63, 3.8) is 0 Å². The Morgan fingerprint density at radius 1 is 1.00 bits per heavy atom. The number of hydrogen-bond donors (Lipinski definition) is 1. The van der Waals surface area contributed by atoms with Gasteiger partial charge < -0.3 is 5.11 Å². The minimum Gasteiger partial charge on any atom is -0.508 e. The summed E-state index contributed by atoms with van der Waals surface area (Å²) in [6, 6.07) is 13.3. The summed E-state index contributed by atoms with van der Waals surface area (Å²) in [5, 5.41) is 10.2. The molecule has 0 spiro atoms. The van der Waals surface area contributed by atoms with Gasteiger partial charge >= 0.3 is 0 Å². The van der Waals surface area contributed by atoms with E-state index in [0.717, 1.165) is 20.4 Å². The summed E-state index contributed by atoms with van der Waals surface area (Å²) >= 11 is 7.47. The molecule has 0 saturated carbocycles. The van der Waals surface area contributed by atoms with E-state index < -0.39 is 0 Å². The second kappa shape index (κ2) is 4.81. The van der Waals surface area contributed by atoms with Gasteiger partial charge in [0.2, 0.25) is 0 Å². The molecule has 0 heterocycles. The largest absolute Gasteiger partial charge is 0.508 e. The number of phenolic OH excluding ortho intramolecular Hbond substituents is 1. The van der Waals surface area contributed by atoms with Crippen molar-refractivity contribution in [1.82, 2.24) is 0 Å². The summed E-state index contributed by atoms with van der Waals surface area (Å²) in [5.41, 5.74) is 0.888. The summed E-state index contributed by atoms with van der Waals surface area (Å²) in [6.07, 6.45) is 0. The molecule has 0 atom stereocenters. The van der Waals surface area contributed by atoms with Crippen LogP contribution in [0.2, 0.25) is 5.02 Å². The second-order valence-electron chi connectivity index (χ2n) is 3.50. The molecule has 0 aliphatic heterocycles. The van der Waals surface area contributed by atoms with E-state index in [-0.39, 0.29) is 0 Å². The second-order valence-corrected chi connectivity index (χ2v) is 5.09. The first-order valence-corrected chi connectivity index (χ1v) is 6.07. The lowest BCUT2D eigenvalue weighted by atomic mass is 10.2. The van der Waals surface area contributed by atoms with Crippen LogP contribution < -0.4 is 0 Å². The zero-order valence-corrected chi connectivity index (χ0v) is 10.3. The highest BCUT2D eigenvalue weighted by Gasteiger charge is 2.00. The zero-order valence-electron chi connectivity index (χ0n) is 8.77. The highest BCUT2D eigenvalue weighted by Crippen LogP contribution is 2.31. The van der Waals surface area contributed by atoms with E-state index in [2.05, 4.69) is 0 Å². The fraction of sp³-hybridized carbons (Fsp3) is 0.0769. The Bertz CT molecular complexity index is 494. The SMILES string of the molecule is Cc1cc(Sc2ccc(Cl)cc2)ccc1O. The van der Waals surface area contributed by atoms with Crippen molar-refractivity contribution in [2.45, 2.75) is 16.7 Å². The lowest BCUT2D eigenvalue weighted by Crippen LogP contribution is -1.77. The molecule has 3 heteroatoms. The van der Waals surface area contributed by atoms with E-state index in [0.29, 0.717) is 5.75 Å². The predicted molar refractivity (Wildman–Crippen MR) is 68.4 cm³/mol. The highest BCUT2D eigenvalue weighted by molar-refractivity contribution is 7.99. The van der Waals surface area contributed by atoms with Crippen LogP contribution in [-0.4, -0.2) is 5.11 Å². The first kappa shape index (κ1) is 11.4. The van der Waals surface area contributed by atoms with E-state index in [9.17, 15) is 5.11 Å². The van der Waals surface area contributed by atoms with Gasteiger partial charge in [-0.15, -0.1) is 0 Å². The third kappa shape index (κ3) is 2.71. The van der Waals surface area contributed by atoms with Crippen LogP contribution in [0.15, 0.2) is 52.3 Å². The topological polar surface area (TPSA) is 20.2 Å². The fourth-order valence-electron chi connectivity index (χ4n) is 1.33. The molecule has 2 aromatic carbocycles. The van der Waals surface area contributed by atoms with Gasteiger partial charge in [0.15, 0.2) is 0 Å². The van der Waals surface area contributed by atoms with Gasteiger partial charge in [0.05, 0.1) is 0 Å². The number of aromatic hydroxyl groups is 1. The van der Waals surface area contributed by atoms with Gasteiger partial charge in [-0.25, -0.2) is 0 Å². The van der Waals surface area contributed by atoms with Gasteiger partial charge in [-0.2, -0.15) is 0 Å². The number of hydrogen-bond acceptors (Lipinski definition) is 2. The molecular formula is C13H11ClOS. The molecule has 82 valence electrons. The quantitative estimate of drug-likeness (QED) is 0.847. The standard InChI is InChI=1S/C13H11ClOS/c1-9-8-12(6-7-13(9)15)16-11-4-2-10(14)3-5-11/h2-8,15H,1H3. The van der Waals surface area contributed by atoms with Crippen molar-refractivity contribution in [1.29, 1.82) is 0 Å². The third-order valence-electron chi connectivity index (χ3n) is 2.22. The maximum Gasteiger partial charge on any atom is 0.118 e. The maximum atomic E-state index is 9.42. The van der Waals surface area contributed by atoms with Crippen LogP contribution in [0.3, 0.4) is 0 Å². The number of rotatable bonds is 2. The van der Waals surface area contributed by atoms with Crippen LogP contribution >= 0.6 is 23.4 Å². The lowest BCUT2D eigenvalue weighted by molar-refractivity contribution is 0.470. The molecule has 1 nitrogen and oxygen atoms in total. The molecule has 1 N–H and O–H groups in total. The first-order chi connectivity index (χ1) is 7.65. The summed E-state index contributed by atoms with van der Waals surface area (Å²) in [7, 11) is 0. The summed E-state index contributed by atoms with van der Waals surface area (Å²) in [4.78, 5) is 2.24. The van der Waals surface area contributed by atoms with Gasteiger partial charge in [0, 0.05) is 14.8 Å². The van der Waals surface area contributed by atoms with E-state index in [1.54, 1.807) is 17.8 Å². The minimum atomic E-state index is 0.334. The molecule has 0 radical (unpaired) electrons. The molecular weight excluding hydrogens is 240 g/mol. The van der Waals surface area contributed by atoms with Crippen molar-refractivity contribution < 1.29 is 5.11 Å². The number of aryl methyl sites for hydroxylation is 1. The predicted octanol–water partition coefficient (Wildman–Crippen LogP) is 4.51. The molecule has 2 rings (SSSR count). The van der Waals surface area contributed by atoms with E-state index in [1.807, 2.05) is 43.3 Å². The maximum absolute atomic E-state index is 9.42. The molecule has 0 aromatic heterocycles. The van der Waals surface area contributed by atoms with Gasteiger partial charge in [0.25, 0.3) is 0 Å². The normalized spacial score (nSPS) is 10.4. The van der Waals surface area contributed by atoms with Crippen LogP contribution in [0.25, 0.3) is 0 Å². The third-order valence-corrected chi connectivity index (χ3v) is 3.47. The van der Waals surface area contributed by atoms with E-state index >= 15 is 0 Å². The smallest absolute Gasteiger partial charge is 0.118 e. The average molecular weight is 251 g/mol. The summed E-state index contributed by atoms with van der Waals surface area (Å²) in [5.74, 6) is 0.334. The number of halogens is 1. The monoisotopic (exact) mass is 250 g/mol. The number of benzene rings is 2. The van der Waals surface area contributed by atoms with Crippen molar-refractivity contribution >= 4 is 23.4 Å². The first-order valence-electron chi connectivity index (χ1n) is 4.88. The van der Waals surface area contributed by atoms with E-state index in [1.165, 1.54) is 0 Å². The van der Waals surface area contributed by atoms with E-state index in [4.69, 9.17) is 11.6 Å². The van der Waals surface area contributed by atoms with Gasteiger partial charge in [0.1, 0.15) is 5.75 Å². The van der Waals surface area contributed by atoms with Crippen LogP contribution in [0.1, 0.15) is 5.56 Å². The Morgan fingerprint density at radius 3 is 2.25 bits per heavy atom. The highest BCUT2D eigenvalue weighted by atomic mass is 35.5.